The minimum absolute atomic E-state index is 1.11. The Kier molecular flexibility index (Phi) is 5.91. The maximum Gasteiger partial charge on any atom is -0.0190 e. The Balaban J connectivity index is 3.18. The van der Waals surface area contributed by atoms with Crippen LogP contribution in [-0.2, 0) is 0 Å². The number of allylic oxidation sites excluding steroid dienone is 2. The zero-order valence-corrected chi connectivity index (χ0v) is 12.3. The highest BCUT2D eigenvalue weighted by atomic mass is 14.1. The highest BCUT2D eigenvalue weighted by Crippen LogP contribution is 2.28. The van der Waals surface area contributed by atoms with Crippen LogP contribution in [0.5, 0.6) is 0 Å². The first kappa shape index (κ1) is 14.8. The van der Waals surface area contributed by atoms with Gasteiger partial charge in [-0.1, -0.05) is 50.6 Å². The lowest BCUT2D eigenvalue weighted by molar-refractivity contribution is 0.786. The highest BCUT2D eigenvalue weighted by molar-refractivity contribution is 5.72. The quantitative estimate of drug-likeness (QED) is 0.573. The van der Waals surface area contributed by atoms with Gasteiger partial charge in [0.1, 0.15) is 0 Å². The fraction of sp³-hybridized carbons (Fsp3) is 0.444. The molecule has 0 saturated carbocycles. The Labute approximate surface area is 112 Å². The first-order chi connectivity index (χ1) is 8.63. The normalized spacial score (nSPS) is 12.2. The van der Waals surface area contributed by atoms with Crippen LogP contribution < -0.4 is 0 Å². The van der Waals surface area contributed by atoms with Crippen LogP contribution in [0.2, 0.25) is 0 Å². The topological polar surface area (TPSA) is 0 Å². The summed E-state index contributed by atoms with van der Waals surface area (Å²) in [7, 11) is 0. The van der Waals surface area contributed by atoms with Gasteiger partial charge in [-0.25, -0.2) is 0 Å². The fourth-order valence-corrected chi connectivity index (χ4v) is 2.41. The summed E-state index contributed by atoms with van der Waals surface area (Å²) in [5, 5.41) is 0. The van der Waals surface area contributed by atoms with Crippen molar-refractivity contribution in [2.45, 2.75) is 53.4 Å². The summed E-state index contributed by atoms with van der Waals surface area (Å²) in [5.74, 6) is 0. The smallest absolute Gasteiger partial charge is 0.0190 e. The second-order valence-corrected chi connectivity index (χ2v) is 4.99. The molecule has 0 nitrogen and oxygen atoms in total. The standard InChI is InChI=1S/C18H26/c1-6-9-10-14(4)17(8-3)18-13-16(7-2)12-11-15(18)5/h7,11-13H,2,6,8-10H2,1,3-5H3/b17-14+. The maximum atomic E-state index is 3.87. The number of aryl methyl sites for hydroxylation is 1. The second kappa shape index (κ2) is 7.20. The first-order valence-electron chi connectivity index (χ1n) is 7.06. The van der Waals surface area contributed by atoms with Gasteiger partial charge < -0.3 is 0 Å². The number of hydrogen-bond donors (Lipinski definition) is 0. The van der Waals surface area contributed by atoms with Gasteiger partial charge in [0, 0.05) is 0 Å². The predicted molar refractivity (Wildman–Crippen MR) is 83.7 cm³/mol. The van der Waals surface area contributed by atoms with E-state index in [-0.39, 0.29) is 0 Å². The van der Waals surface area contributed by atoms with Gasteiger partial charge >= 0.3 is 0 Å². The van der Waals surface area contributed by atoms with Crippen molar-refractivity contribution >= 4 is 11.6 Å². The van der Waals surface area contributed by atoms with Crippen LogP contribution in [0.15, 0.2) is 30.4 Å². The molecule has 0 spiro atoms. The van der Waals surface area contributed by atoms with Crippen molar-refractivity contribution in [1.82, 2.24) is 0 Å². The molecule has 0 fully saturated rings. The van der Waals surface area contributed by atoms with E-state index >= 15 is 0 Å². The zero-order chi connectivity index (χ0) is 13.5. The van der Waals surface area contributed by atoms with Gasteiger partial charge in [-0.15, -0.1) is 0 Å². The Morgan fingerprint density at radius 3 is 2.56 bits per heavy atom. The Morgan fingerprint density at radius 1 is 1.28 bits per heavy atom. The molecular formula is C18H26. The molecule has 0 radical (unpaired) electrons. The van der Waals surface area contributed by atoms with Gasteiger partial charge in [0.25, 0.3) is 0 Å². The van der Waals surface area contributed by atoms with Crippen LogP contribution in [0, 0.1) is 6.92 Å². The Hall–Kier alpha value is -1.30. The number of rotatable bonds is 6. The van der Waals surface area contributed by atoms with Crippen molar-refractivity contribution in [3.8, 4) is 0 Å². The monoisotopic (exact) mass is 242 g/mol. The number of hydrogen-bond acceptors (Lipinski definition) is 0. The van der Waals surface area contributed by atoms with E-state index in [4.69, 9.17) is 0 Å². The minimum Gasteiger partial charge on any atom is -0.0985 e. The average molecular weight is 242 g/mol. The van der Waals surface area contributed by atoms with E-state index in [0.29, 0.717) is 0 Å². The molecule has 1 rings (SSSR count). The summed E-state index contributed by atoms with van der Waals surface area (Å²) in [6.45, 7) is 12.9. The van der Waals surface area contributed by atoms with Gasteiger partial charge in [-0.05, 0) is 61.4 Å². The molecule has 0 aromatic heterocycles. The van der Waals surface area contributed by atoms with Gasteiger partial charge in [-0.3, -0.25) is 0 Å². The summed E-state index contributed by atoms with van der Waals surface area (Å²) in [5.41, 5.74) is 7.05. The van der Waals surface area contributed by atoms with E-state index in [9.17, 15) is 0 Å². The van der Waals surface area contributed by atoms with Crippen LogP contribution in [-0.4, -0.2) is 0 Å². The van der Waals surface area contributed by atoms with E-state index in [1.807, 2.05) is 6.08 Å². The molecule has 0 aliphatic heterocycles. The van der Waals surface area contributed by atoms with Crippen LogP contribution >= 0.6 is 0 Å². The van der Waals surface area contributed by atoms with Crippen LogP contribution in [0.4, 0.5) is 0 Å². The molecule has 0 heterocycles. The summed E-state index contributed by atoms with van der Waals surface area (Å²) < 4.78 is 0. The van der Waals surface area contributed by atoms with Crippen LogP contribution in [0.25, 0.3) is 11.6 Å². The van der Waals surface area contributed by atoms with Gasteiger partial charge in [0.15, 0.2) is 0 Å². The van der Waals surface area contributed by atoms with E-state index in [1.54, 1.807) is 5.57 Å². The lowest BCUT2D eigenvalue weighted by Gasteiger charge is -2.14. The summed E-state index contributed by atoms with van der Waals surface area (Å²) >= 11 is 0. The molecule has 0 heteroatoms. The highest BCUT2D eigenvalue weighted by Gasteiger charge is 2.07. The fourth-order valence-electron chi connectivity index (χ4n) is 2.41. The zero-order valence-electron chi connectivity index (χ0n) is 12.3. The molecule has 0 bridgehead atoms. The van der Waals surface area contributed by atoms with Crippen LogP contribution in [0.1, 0.15) is 63.1 Å². The van der Waals surface area contributed by atoms with Crippen molar-refractivity contribution < 1.29 is 0 Å². The first-order valence-corrected chi connectivity index (χ1v) is 7.06. The lowest BCUT2D eigenvalue weighted by Crippen LogP contribution is -1.93. The second-order valence-electron chi connectivity index (χ2n) is 4.99. The van der Waals surface area contributed by atoms with Crippen molar-refractivity contribution in [2.75, 3.05) is 0 Å². The minimum atomic E-state index is 1.11. The average Bonchev–Trinajstić information content (AvgIpc) is 2.39. The maximum absolute atomic E-state index is 3.87. The summed E-state index contributed by atoms with van der Waals surface area (Å²) in [6.07, 6.45) is 6.81. The molecule has 0 amide bonds. The van der Waals surface area contributed by atoms with Crippen molar-refractivity contribution in [2.24, 2.45) is 0 Å². The summed E-state index contributed by atoms with van der Waals surface area (Å²) in [6, 6.07) is 6.62. The number of unbranched alkanes of at least 4 members (excludes halogenated alkanes) is 1. The third-order valence-electron chi connectivity index (χ3n) is 3.60. The van der Waals surface area contributed by atoms with Gasteiger partial charge in [-0.2, -0.15) is 0 Å². The molecule has 0 unspecified atom stereocenters. The molecular weight excluding hydrogens is 216 g/mol. The van der Waals surface area contributed by atoms with Crippen LogP contribution in [0.3, 0.4) is 0 Å². The van der Waals surface area contributed by atoms with E-state index < -0.39 is 0 Å². The molecule has 0 aliphatic rings. The van der Waals surface area contributed by atoms with E-state index in [2.05, 4.69) is 52.5 Å². The van der Waals surface area contributed by atoms with Gasteiger partial charge in [0.2, 0.25) is 0 Å². The van der Waals surface area contributed by atoms with Crippen molar-refractivity contribution in [3.63, 3.8) is 0 Å². The van der Waals surface area contributed by atoms with E-state index in [1.165, 1.54) is 41.5 Å². The molecule has 1 aromatic carbocycles. The molecule has 1 aromatic rings. The van der Waals surface area contributed by atoms with Crippen molar-refractivity contribution in [3.05, 3.63) is 47.0 Å². The molecule has 0 N–H and O–H groups in total. The largest absolute Gasteiger partial charge is 0.0985 e. The molecule has 18 heavy (non-hydrogen) atoms. The molecule has 98 valence electrons. The summed E-state index contributed by atoms with van der Waals surface area (Å²) in [4.78, 5) is 0. The molecule has 0 saturated heterocycles. The van der Waals surface area contributed by atoms with Crippen molar-refractivity contribution in [1.29, 1.82) is 0 Å². The lowest BCUT2D eigenvalue weighted by atomic mass is 9.91. The van der Waals surface area contributed by atoms with Gasteiger partial charge in [0.05, 0.1) is 0 Å². The Bertz CT molecular complexity index is 435. The molecule has 0 aliphatic carbocycles. The predicted octanol–water partition coefficient (Wildman–Crippen LogP) is 6.01. The third kappa shape index (κ3) is 3.60. The Morgan fingerprint density at radius 2 is 2.00 bits per heavy atom. The van der Waals surface area contributed by atoms with E-state index in [0.717, 1.165) is 6.42 Å². The third-order valence-corrected chi connectivity index (χ3v) is 3.60. The molecule has 0 atom stereocenters. The number of benzene rings is 1. The SMILES string of the molecule is C=Cc1ccc(C)c(/C(CC)=C(\C)CCCC)c1.